The number of fused-ring (bicyclic) bond motifs is 1. The number of anilines is 1. The Morgan fingerprint density at radius 3 is 3.00 bits per heavy atom. The van der Waals surface area contributed by atoms with E-state index >= 15 is 0 Å². The van der Waals surface area contributed by atoms with Crippen LogP contribution >= 0.6 is 12.2 Å². The normalized spacial score (nSPS) is 15.9. The number of nitrogen functional groups attached to an aromatic ring is 1. The van der Waals surface area contributed by atoms with E-state index < -0.39 is 11.6 Å². The highest BCUT2D eigenvalue weighted by atomic mass is 32.1. The van der Waals surface area contributed by atoms with Crippen molar-refractivity contribution >= 4 is 24.1 Å². The lowest BCUT2D eigenvalue weighted by molar-refractivity contribution is -0.117. The number of aromatic nitrogens is 5. The van der Waals surface area contributed by atoms with Crippen molar-refractivity contribution in [2.24, 2.45) is 0 Å². The van der Waals surface area contributed by atoms with E-state index in [-0.39, 0.29) is 18.4 Å². The number of amides is 1. The van der Waals surface area contributed by atoms with Gasteiger partial charge in [0.2, 0.25) is 10.7 Å². The minimum Gasteiger partial charge on any atom is -0.369 e. The van der Waals surface area contributed by atoms with E-state index in [9.17, 15) is 13.6 Å². The number of imidazole rings is 1. The van der Waals surface area contributed by atoms with Crippen LogP contribution in [0.4, 0.5) is 14.7 Å². The molecule has 2 heterocycles. The Bertz CT molecular complexity index is 1120. The SMILES string of the molecule is Nc1ncc(CCC(=O)Nn2cnn(C3CCc4c(F)cc(F)cc4C3)c2=S)[nH]1. The Morgan fingerprint density at radius 1 is 1.41 bits per heavy atom. The third-order valence-corrected chi connectivity index (χ3v) is 5.37. The molecular formula is C18H19F2N7OS. The van der Waals surface area contributed by atoms with Gasteiger partial charge in [-0.05, 0) is 55.1 Å². The molecule has 11 heteroatoms. The van der Waals surface area contributed by atoms with Crippen molar-refractivity contribution < 1.29 is 13.6 Å². The average molecular weight is 419 g/mol. The van der Waals surface area contributed by atoms with E-state index in [1.165, 1.54) is 17.1 Å². The third kappa shape index (κ3) is 4.04. The number of aromatic amines is 1. The maximum atomic E-state index is 13.9. The van der Waals surface area contributed by atoms with E-state index in [1.807, 2.05) is 0 Å². The summed E-state index contributed by atoms with van der Waals surface area (Å²) < 4.78 is 30.8. The van der Waals surface area contributed by atoms with E-state index in [0.717, 1.165) is 11.8 Å². The van der Waals surface area contributed by atoms with Crippen LogP contribution in [-0.2, 0) is 24.1 Å². The fourth-order valence-corrected chi connectivity index (χ4v) is 3.87. The zero-order valence-corrected chi connectivity index (χ0v) is 16.2. The van der Waals surface area contributed by atoms with Gasteiger partial charge in [0.1, 0.15) is 18.0 Å². The molecule has 4 N–H and O–H groups in total. The molecule has 1 atom stereocenters. The first-order valence-corrected chi connectivity index (χ1v) is 9.53. The fraction of sp³-hybridized carbons (Fsp3) is 0.333. The van der Waals surface area contributed by atoms with Gasteiger partial charge in [0.05, 0.1) is 12.2 Å². The average Bonchev–Trinajstić information content (AvgIpc) is 3.25. The van der Waals surface area contributed by atoms with Crippen molar-refractivity contribution in [1.82, 2.24) is 24.4 Å². The highest BCUT2D eigenvalue weighted by Crippen LogP contribution is 2.31. The van der Waals surface area contributed by atoms with Crippen LogP contribution in [0.25, 0.3) is 0 Å². The first-order valence-electron chi connectivity index (χ1n) is 9.13. The molecule has 0 fully saturated rings. The van der Waals surface area contributed by atoms with Gasteiger partial charge < -0.3 is 10.7 Å². The van der Waals surface area contributed by atoms with Crippen molar-refractivity contribution in [3.05, 3.63) is 57.9 Å². The lowest BCUT2D eigenvalue weighted by Crippen LogP contribution is -2.24. The van der Waals surface area contributed by atoms with E-state index in [0.29, 0.717) is 47.5 Å². The molecule has 0 spiro atoms. The molecule has 152 valence electrons. The second-order valence-corrected chi connectivity index (χ2v) is 7.34. The predicted octanol–water partition coefficient (Wildman–Crippen LogP) is 2.43. The zero-order valence-electron chi connectivity index (χ0n) is 15.4. The number of hydrogen-bond acceptors (Lipinski definition) is 5. The van der Waals surface area contributed by atoms with Gasteiger partial charge in [0, 0.05) is 18.2 Å². The summed E-state index contributed by atoms with van der Waals surface area (Å²) >= 11 is 5.42. The molecule has 1 aromatic carbocycles. The fourth-order valence-electron chi connectivity index (χ4n) is 3.58. The molecule has 0 saturated heterocycles. The van der Waals surface area contributed by atoms with Crippen LogP contribution in [0, 0.1) is 16.4 Å². The van der Waals surface area contributed by atoms with E-state index in [4.69, 9.17) is 18.0 Å². The van der Waals surface area contributed by atoms with Crippen LogP contribution in [0.2, 0.25) is 0 Å². The molecule has 29 heavy (non-hydrogen) atoms. The maximum Gasteiger partial charge on any atom is 0.239 e. The van der Waals surface area contributed by atoms with Crippen LogP contribution < -0.4 is 11.2 Å². The lowest BCUT2D eigenvalue weighted by atomic mass is 9.88. The summed E-state index contributed by atoms with van der Waals surface area (Å²) in [6, 6.07) is 2.13. The summed E-state index contributed by atoms with van der Waals surface area (Å²) in [7, 11) is 0. The Labute approximate surface area is 169 Å². The molecular weight excluding hydrogens is 400 g/mol. The first-order chi connectivity index (χ1) is 13.9. The van der Waals surface area contributed by atoms with Crippen LogP contribution in [0.1, 0.15) is 35.7 Å². The van der Waals surface area contributed by atoms with Gasteiger partial charge in [0.25, 0.3) is 0 Å². The molecule has 1 aliphatic carbocycles. The van der Waals surface area contributed by atoms with E-state index in [1.54, 1.807) is 10.9 Å². The number of carbonyl (C=O) groups excluding carboxylic acids is 1. The lowest BCUT2D eigenvalue weighted by Gasteiger charge is -2.25. The molecule has 3 aromatic rings. The minimum absolute atomic E-state index is 0.137. The largest absolute Gasteiger partial charge is 0.369 e. The highest BCUT2D eigenvalue weighted by Gasteiger charge is 2.25. The summed E-state index contributed by atoms with van der Waals surface area (Å²) in [6.07, 6.45) is 5.19. The van der Waals surface area contributed by atoms with Gasteiger partial charge in [-0.25, -0.2) is 23.1 Å². The number of benzene rings is 1. The smallest absolute Gasteiger partial charge is 0.239 e. The third-order valence-electron chi connectivity index (χ3n) is 4.99. The van der Waals surface area contributed by atoms with Gasteiger partial charge in [-0.1, -0.05) is 0 Å². The Balaban J connectivity index is 1.43. The van der Waals surface area contributed by atoms with Crippen molar-refractivity contribution in [1.29, 1.82) is 0 Å². The minimum atomic E-state index is -0.595. The Hall–Kier alpha value is -3.08. The summed E-state index contributed by atoms with van der Waals surface area (Å²) in [6.45, 7) is 0. The molecule has 0 radical (unpaired) electrons. The van der Waals surface area contributed by atoms with Crippen LogP contribution in [0.3, 0.4) is 0 Å². The van der Waals surface area contributed by atoms with Gasteiger partial charge in [-0.15, -0.1) is 0 Å². The monoisotopic (exact) mass is 419 g/mol. The number of hydrogen-bond donors (Lipinski definition) is 3. The first kappa shape index (κ1) is 19.2. The number of nitrogens with one attached hydrogen (secondary N) is 2. The molecule has 1 unspecified atom stereocenters. The number of nitrogens with zero attached hydrogens (tertiary/aromatic N) is 4. The van der Waals surface area contributed by atoms with Gasteiger partial charge >= 0.3 is 0 Å². The molecule has 4 rings (SSSR count). The zero-order chi connectivity index (χ0) is 20.5. The van der Waals surface area contributed by atoms with Crippen molar-refractivity contribution in [2.45, 2.75) is 38.1 Å². The topological polar surface area (TPSA) is 107 Å². The summed E-state index contributed by atoms with van der Waals surface area (Å²) in [5.41, 5.74) is 10.1. The molecule has 0 aliphatic heterocycles. The van der Waals surface area contributed by atoms with Crippen molar-refractivity contribution in [3.63, 3.8) is 0 Å². The van der Waals surface area contributed by atoms with Crippen molar-refractivity contribution in [3.8, 4) is 0 Å². The summed E-state index contributed by atoms with van der Waals surface area (Å²) in [5.74, 6) is -1.05. The number of H-pyrrole nitrogens is 1. The highest BCUT2D eigenvalue weighted by molar-refractivity contribution is 7.71. The van der Waals surface area contributed by atoms with E-state index in [2.05, 4.69) is 20.5 Å². The number of carbonyl (C=O) groups is 1. The molecule has 0 bridgehead atoms. The number of halogens is 2. The van der Waals surface area contributed by atoms with Crippen LogP contribution in [0.15, 0.2) is 24.7 Å². The van der Waals surface area contributed by atoms with Gasteiger partial charge in [0.15, 0.2) is 5.95 Å². The second-order valence-electron chi connectivity index (χ2n) is 6.98. The standard InChI is InChI=1S/C18H19F2N7OS/c19-11-5-10-6-13(2-3-14(10)15(20)7-11)27-18(29)26(9-23-27)25-16(28)4-1-12-8-22-17(21)24-12/h5,7-9,13H,1-4,6H2,(H,25,28)(H3,21,22,24). The number of nitrogens with two attached hydrogens (primary N) is 1. The quantitative estimate of drug-likeness (QED) is 0.551. The van der Waals surface area contributed by atoms with Gasteiger partial charge in [-0.2, -0.15) is 5.10 Å². The number of rotatable bonds is 5. The Morgan fingerprint density at radius 2 is 2.24 bits per heavy atom. The molecule has 1 aliphatic rings. The summed E-state index contributed by atoms with van der Waals surface area (Å²) in [4.78, 5) is 18.9. The maximum absolute atomic E-state index is 13.9. The molecule has 0 saturated carbocycles. The summed E-state index contributed by atoms with van der Waals surface area (Å²) in [5, 5.41) is 4.27. The number of aryl methyl sites for hydroxylation is 1. The van der Waals surface area contributed by atoms with Gasteiger partial charge in [-0.3, -0.25) is 10.2 Å². The van der Waals surface area contributed by atoms with Crippen LogP contribution in [0.5, 0.6) is 0 Å². The molecule has 8 nitrogen and oxygen atoms in total. The van der Waals surface area contributed by atoms with Crippen molar-refractivity contribution in [2.75, 3.05) is 11.2 Å². The van der Waals surface area contributed by atoms with Crippen LogP contribution in [-0.4, -0.2) is 30.3 Å². The second kappa shape index (κ2) is 7.74. The predicted molar refractivity (Wildman–Crippen MR) is 104 cm³/mol. The molecule has 1 amide bonds. The Kier molecular flexibility index (Phi) is 5.14. The molecule has 2 aromatic heterocycles.